The van der Waals surface area contributed by atoms with Gasteiger partial charge in [0.2, 0.25) is 0 Å². The first-order valence-corrected chi connectivity index (χ1v) is 8.25. The molecule has 5 heteroatoms. The third-order valence-electron chi connectivity index (χ3n) is 4.29. The van der Waals surface area contributed by atoms with Crippen molar-refractivity contribution in [3.63, 3.8) is 0 Å². The van der Waals surface area contributed by atoms with Crippen LogP contribution in [0.2, 0.25) is 0 Å². The lowest BCUT2D eigenvalue weighted by molar-refractivity contribution is -0.142. The molecular formula is C16H30N2O3. The molecule has 5 nitrogen and oxygen atoms in total. The van der Waals surface area contributed by atoms with Gasteiger partial charge in [-0.2, -0.15) is 0 Å². The lowest BCUT2D eigenvalue weighted by atomic mass is 9.86. The van der Waals surface area contributed by atoms with Gasteiger partial charge in [-0.05, 0) is 46.0 Å². The Balaban J connectivity index is 2.41. The van der Waals surface area contributed by atoms with Crippen molar-refractivity contribution in [1.29, 1.82) is 0 Å². The van der Waals surface area contributed by atoms with E-state index in [0.29, 0.717) is 12.8 Å². The highest BCUT2D eigenvalue weighted by molar-refractivity contribution is 5.75. The average molecular weight is 298 g/mol. The minimum Gasteiger partial charge on any atom is -0.481 e. The molecule has 2 amide bonds. The SMILES string of the molecule is CCCCCN(C(=O)NC1CCC(C(=O)O)CC1)C(C)C. The number of hydrogen-bond donors (Lipinski definition) is 2. The Labute approximate surface area is 128 Å². The van der Waals surface area contributed by atoms with Gasteiger partial charge in [0, 0.05) is 18.6 Å². The number of nitrogens with zero attached hydrogens (tertiary/aromatic N) is 1. The van der Waals surface area contributed by atoms with Gasteiger partial charge >= 0.3 is 12.0 Å². The molecule has 122 valence electrons. The smallest absolute Gasteiger partial charge is 0.317 e. The van der Waals surface area contributed by atoms with Gasteiger partial charge in [0.25, 0.3) is 0 Å². The van der Waals surface area contributed by atoms with Crippen LogP contribution in [-0.2, 0) is 4.79 Å². The Hall–Kier alpha value is -1.26. The zero-order valence-electron chi connectivity index (χ0n) is 13.6. The molecule has 1 aliphatic carbocycles. The molecule has 0 aliphatic heterocycles. The second-order valence-electron chi connectivity index (χ2n) is 6.33. The van der Waals surface area contributed by atoms with E-state index in [1.165, 1.54) is 0 Å². The fraction of sp³-hybridized carbons (Fsp3) is 0.875. The fourth-order valence-corrected chi connectivity index (χ4v) is 2.87. The van der Waals surface area contributed by atoms with Crippen LogP contribution in [0.3, 0.4) is 0 Å². The van der Waals surface area contributed by atoms with E-state index in [4.69, 9.17) is 5.11 Å². The van der Waals surface area contributed by atoms with Crippen LogP contribution in [0.1, 0.15) is 65.7 Å². The summed E-state index contributed by atoms with van der Waals surface area (Å²) >= 11 is 0. The van der Waals surface area contributed by atoms with Gasteiger partial charge in [0.15, 0.2) is 0 Å². The average Bonchev–Trinajstić information content (AvgIpc) is 2.43. The molecule has 0 heterocycles. The molecule has 0 unspecified atom stereocenters. The summed E-state index contributed by atoms with van der Waals surface area (Å²) < 4.78 is 0. The summed E-state index contributed by atoms with van der Waals surface area (Å²) in [5, 5.41) is 12.1. The zero-order valence-corrected chi connectivity index (χ0v) is 13.6. The fourth-order valence-electron chi connectivity index (χ4n) is 2.87. The Morgan fingerprint density at radius 3 is 2.29 bits per heavy atom. The third-order valence-corrected chi connectivity index (χ3v) is 4.29. The molecule has 0 aromatic heterocycles. The van der Waals surface area contributed by atoms with Crippen molar-refractivity contribution in [3.8, 4) is 0 Å². The Kier molecular flexibility index (Phi) is 7.54. The maximum Gasteiger partial charge on any atom is 0.317 e. The maximum atomic E-state index is 12.4. The predicted molar refractivity (Wildman–Crippen MR) is 83.3 cm³/mol. The van der Waals surface area contributed by atoms with E-state index in [1.807, 2.05) is 18.7 Å². The van der Waals surface area contributed by atoms with Crippen molar-refractivity contribution in [2.24, 2.45) is 5.92 Å². The number of rotatable bonds is 7. The van der Waals surface area contributed by atoms with E-state index in [2.05, 4.69) is 12.2 Å². The minimum absolute atomic E-state index is 0.000113. The van der Waals surface area contributed by atoms with Gasteiger partial charge in [0.1, 0.15) is 0 Å². The molecule has 1 fully saturated rings. The van der Waals surface area contributed by atoms with Crippen LogP contribution >= 0.6 is 0 Å². The van der Waals surface area contributed by atoms with Crippen LogP contribution in [-0.4, -0.2) is 40.6 Å². The molecular weight excluding hydrogens is 268 g/mol. The van der Waals surface area contributed by atoms with Gasteiger partial charge in [-0.1, -0.05) is 19.8 Å². The quantitative estimate of drug-likeness (QED) is 0.709. The molecule has 0 bridgehead atoms. The molecule has 0 atom stereocenters. The summed E-state index contributed by atoms with van der Waals surface area (Å²) in [7, 11) is 0. The maximum absolute atomic E-state index is 12.4. The number of amides is 2. The first-order valence-electron chi connectivity index (χ1n) is 8.25. The number of carboxylic acids is 1. The first kappa shape index (κ1) is 17.8. The molecule has 0 radical (unpaired) electrons. The number of nitrogens with one attached hydrogen (secondary N) is 1. The summed E-state index contributed by atoms with van der Waals surface area (Å²) in [6.45, 7) is 7.02. The van der Waals surface area contributed by atoms with Crippen LogP contribution in [0.25, 0.3) is 0 Å². The van der Waals surface area contributed by atoms with Crippen LogP contribution in [0.5, 0.6) is 0 Å². The zero-order chi connectivity index (χ0) is 15.8. The van der Waals surface area contributed by atoms with Crippen LogP contribution in [0.4, 0.5) is 4.79 Å². The lowest BCUT2D eigenvalue weighted by Crippen LogP contribution is -2.49. The van der Waals surface area contributed by atoms with Crippen molar-refractivity contribution in [2.75, 3.05) is 6.54 Å². The molecule has 0 spiro atoms. The van der Waals surface area contributed by atoms with Crippen molar-refractivity contribution < 1.29 is 14.7 Å². The minimum atomic E-state index is -0.705. The first-order chi connectivity index (χ1) is 9.95. The lowest BCUT2D eigenvalue weighted by Gasteiger charge is -2.32. The number of aliphatic carboxylic acids is 1. The highest BCUT2D eigenvalue weighted by Crippen LogP contribution is 2.24. The van der Waals surface area contributed by atoms with Gasteiger partial charge in [-0.25, -0.2) is 4.79 Å². The molecule has 0 aromatic carbocycles. The number of unbranched alkanes of at least 4 members (excludes halogenated alkanes) is 2. The Morgan fingerprint density at radius 1 is 1.19 bits per heavy atom. The topological polar surface area (TPSA) is 69.6 Å². The largest absolute Gasteiger partial charge is 0.481 e. The molecule has 1 rings (SSSR count). The second-order valence-corrected chi connectivity index (χ2v) is 6.33. The molecule has 2 N–H and O–H groups in total. The Bertz CT molecular complexity index is 336. The van der Waals surface area contributed by atoms with Gasteiger partial charge in [-0.3, -0.25) is 4.79 Å². The van der Waals surface area contributed by atoms with E-state index in [0.717, 1.165) is 38.6 Å². The van der Waals surface area contributed by atoms with Crippen LogP contribution < -0.4 is 5.32 Å². The monoisotopic (exact) mass is 298 g/mol. The van der Waals surface area contributed by atoms with Crippen molar-refractivity contribution >= 4 is 12.0 Å². The van der Waals surface area contributed by atoms with E-state index in [1.54, 1.807) is 0 Å². The molecule has 1 saturated carbocycles. The molecule has 0 saturated heterocycles. The standard InChI is InChI=1S/C16H30N2O3/c1-4-5-6-11-18(12(2)3)16(21)17-14-9-7-13(8-10-14)15(19)20/h12-14H,4-11H2,1-3H3,(H,17,21)(H,19,20). The van der Waals surface area contributed by atoms with E-state index >= 15 is 0 Å². The highest BCUT2D eigenvalue weighted by Gasteiger charge is 2.28. The summed E-state index contributed by atoms with van der Waals surface area (Å²) in [5.74, 6) is -0.938. The molecule has 1 aliphatic rings. The summed E-state index contributed by atoms with van der Waals surface area (Å²) in [5.41, 5.74) is 0. The Morgan fingerprint density at radius 2 is 1.81 bits per heavy atom. The second kappa shape index (κ2) is 8.90. The number of urea groups is 1. The normalized spacial score (nSPS) is 22.1. The van der Waals surface area contributed by atoms with E-state index < -0.39 is 5.97 Å². The molecule has 21 heavy (non-hydrogen) atoms. The highest BCUT2D eigenvalue weighted by atomic mass is 16.4. The van der Waals surface area contributed by atoms with Crippen molar-refractivity contribution in [2.45, 2.75) is 77.8 Å². The number of carboxylic acid groups (broad SMARTS) is 1. The third kappa shape index (κ3) is 5.94. The molecule has 0 aromatic rings. The van der Waals surface area contributed by atoms with Crippen molar-refractivity contribution in [3.05, 3.63) is 0 Å². The van der Waals surface area contributed by atoms with Gasteiger partial charge in [-0.15, -0.1) is 0 Å². The van der Waals surface area contributed by atoms with E-state index in [9.17, 15) is 9.59 Å². The number of carbonyl (C=O) groups excluding carboxylic acids is 1. The van der Waals surface area contributed by atoms with E-state index in [-0.39, 0.29) is 24.0 Å². The van der Waals surface area contributed by atoms with Gasteiger partial charge < -0.3 is 15.3 Å². The number of carbonyl (C=O) groups is 2. The van der Waals surface area contributed by atoms with Gasteiger partial charge in [0.05, 0.1) is 5.92 Å². The summed E-state index contributed by atoms with van der Waals surface area (Å²) in [6, 6.07) is 0.317. The summed E-state index contributed by atoms with van der Waals surface area (Å²) in [6.07, 6.45) is 6.18. The predicted octanol–water partition coefficient (Wildman–Crippen LogP) is 3.24. The summed E-state index contributed by atoms with van der Waals surface area (Å²) in [4.78, 5) is 25.2. The number of hydrogen-bond acceptors (Lipinski definition) is 2. The van der Waals surface area contributed by atoms with Crippen LogP contribution in [0.15, 0.2) is 0 Å². The van der Waals surface area contributed by atoms with Crippen LogP contribution in [0, 0.1) is 5.92 Å². The van der Waals surface area contributed by atoms with Crippen molar-refractivity contribution in [1.82, 2.24) is 10.2 Å².